The topological polar surface area (TPSA) is 80.0 Å². The predicted octanol–water partition coefficient (Wildman–Crippen LogP) is 3.09. The highest BCUT2D eigenvalue weighted by Gasteiger charge is 2.21. The maximum atomic E-state index is 12.9. The number of amides is 1. The van der Waals surface area contributed by atoms with Gasteiger partial charge in [0.15, 0.2) is 0 Å². The van der Waals surface area contributed by atoms with Crippen LogP contribution in [-0.2, 0) is 4.79 Å². The van der Waals surface area contributed by atoms with Crippen LogP contribution in [0.4, 0.5) is 5.95 Å². The molecule has 1 amide bonds. The first-order valence-corrected chi connectivity index (χ1v) is 10.8. The lowest BCUT2D eigenvalue weighted by Gasteiger charge is -2.34. The lowest BCUT2D eigenvalue weighted by atomic mass is 10.1. The van der Waals surface area contributed by atoms with Crippen molar-refractivity contribution < 1.29 is 4.79 Å². The van der Waals surface area contributed by atoms with E-state index in [-0.39, 0.29) is 5.91 Å². The highest BCUT2D eigenvalue weighted by atomic mass is 16.2. The molecule has 0 aliphatic carbocycles. The van der Waals surface area contributed by atoms with E-state index in [9.17, 15) is 4.79 Å². The summed E-state index contributed by atoms with van der Waals surface area (Å²) >= 11 is 0. The maximum Gasteiger partial charge on any atom is 0.246 e. The number of carbonyl (C=O) groups excluding carboxylic acids is 1. The van der Waals surface area contributed by atoms with Gasteiger partial charge in [0.25, 0.3) is 0 Å². The molecule has 3 aromatic heterocycles. The van der Waals surface area contributed by atoms with Crippen molar-refractivity contribution in [2.24, 2.45) is 0 Å². The molecular formula is C25H23N7O. The molecule has 0 bridgehead atoms. The summed E-state index contributed by atoms with van der Waals surface area (Å²) in [6.07, 6.45) is 12.4. The van der Waals surface area contributed by atoms with Gasteiger partial charge < -0.3 is 9.80 Å². The van der Waals surface area contributed by atoms with Gasteiger partial charge in [-0.2, -0.15) is 5.10 Å². The first kappa shape index (κ1) is 20.6. The van der Waals surface area contributed by atoms with E-state index in [4.69, 9.17) is 5.10 Å². The molecule has 5 rings (SSSR count). The van der Waals surface area contributed by atoms with Crippen molar-refractivity contribution in [3.8, 4) is 16.9 Å². The summed E-state index contributed by atoms with van der Waals surface area (Å²) in [5, 5.41) is 4.76. The standard InChI is InChI=1S/C25H23N7O/c33-23(30-14-16-31(17-15-30)25-27-12-5-13-28-25)10-9-21-19-32(22-7-2-1-3-8-22)29-24(21)20-6-4-11-26-18-20/h1-13,18-19H,14-17H2/b10-9+. The van der Waals surface area contributed by atoms with Gasteiger partial charge in [0.2, 0.25) is 11.9 Å². The van der Waals surface area contributed by atoms with Crippen LogP contribution in [0.25, 0.3) is 23.0 Å². The van der Waals surface area contributed by atoms with Crippen LogP contribution in [-0.4, -0.2) is 61.7 Å². The lowest BCUT2D eigenvalue weighted by Crippen LogP contribution is -2.48. The van der Waals surface area contributed by atoms with Crippen LogP contribution in [0.3, 0.4) is 0 Å². The highest BCUT2D eigenvalue weighted by molar-refractivity contribution is 5.93. The molecule has 0 N–H and O–H groups in total. The number of nitrogens with zero attached hydrogens (tertiary/aromatic N) is 7. The summed E-state index contributed by atoms with van der Waals surface area (Å²) < 4.78 is 1.82. The quantitative estimate of drug-likeness (QED) is 0.447. The summed E-state index contributed by atoms with van der Waals surface area (Å²) in [5.74, 6) is 0.683. The molecule has 4 aromatic rings. The second-order valence-electron chi connectivity index (χ2n) is 7.65. The lowest BCUT2D eigenvalue weighted by molar-refractivity contribution is -0.126. The van der Waals surface area contributed by atoms with E-state index in [1.165, 1.54) is 0 Å². The van der Waals surface area contributed by atoms with Crippen molar-refractivity contribution >= 4 is 17.9 Å². The second kappa shape index (κ2) is 9.44. The van der Waals surface area contributed by atoms with Gasteiger partial charge in [-0.25, -0.2) is 14.6 Å². The first-order chi connectivity index (χ1) is 16.3. The van der Waals surface area contributed by atoms with Crippen molar-refractivity contribution in [1.29, 1.82) is 0 Å². The Hall–Kier alpha value is -4.33. The van der Waals surface area contributed by atoms with Gasteiger partial charge in [-0.15, -0.1) is 0 Å². The highest BCUT2D eigenvalue weighted by Crippen LogP contribution is 2.24. The summed E-state index contributed by atoms with van der Waals surface area (Å²) in [6, 6.07) is 15.6. The van der Waals surface area contributed by atoms with Crippen LogP contribution in [0.15, 0.2) is 85.6 Å². The molecule has 1 saturated heterocycles. The number of carbonyl (C=O) groups is 1. The van der Waals surface area contributed by atoms with E-state index in [2.05, 4.69) is 19.9 Å². The molecule has 8 heteroatoms. The van der Waals surface area contributed by atoms with E-state index in [0.717, 1.165) is 22.5 Å². The van der Waals surface area contributed by atoms with Gasteiger partial charge in [-0.05, 0) is 36.4 Å². The third kappa shape index (κ3) is 4.64. The second-order valence-corrected chi connectivity index (χ2v) is 7.65. The predicted molar refractivity (Wildman–Crippen MR) is 127 cm³/mol. The van der Waals surface area contributed by atoms with Crippen molar-refractivity contribution in [2.45, 2.75) is 0 Å². The zero-order chi connectivity index (χ0) is 22.5. The fraction of sp³-hybridized carbons (Fsp3) is 0.160. The molecule has 0 saturated carbocycles. The number of rotatable bonds is 5. The Morgan fingerprint density at radius 3 is 2.39 bits per heavy atom. The molecule has 33 heavy (non-hydrogen) atoms. The summed E-state index contributed by atoms with van der Waals surface area (Å²) in [5.41, 5.74) is 3.49. The van der Waals surface area contributed by atoms with Crippen LogP contribution in [0.5, 0.6) is 0 Å². The Kier molecular flexibility index (Phi) is 5.88. The molecule has 0 spiro atoms. The van der Waals surface area contributed by atoms with Gasteiger partial charge in [0.1, 0.15) is 5.69 Å². The number of piperazine rings is 1. The maximum absolute atomic E-state index is 12.9. The van der Waals surface area contributed by atoms with Gasteiger partial charge in [-0.3, -0.25) is 9.78 Å². The van der Waals surface area contributed by atoms with E-state index in [1.807, 2.05) is 64.3 Å². The minimum atomic E-state index is -0.0202. The molecule has 0 radical (unpaired) electrons. The van der Waals surface area contributed by atoms with E-state index in [1.54, 1.807) is 36.9 Å². The molecular weight excluding hydrogens is 414 g/mol. The fourth-order valence-electron chi connectivity index (χ4n) is 3.80. The first-order valence-electron chi connectivity index (χ1n) is 10.8. The van der Waals surface area contributed by atoms with Crippen molar-refractivity contribution in [2.75, 3.05) is 31.1 Å². The van der Waals surface area contributed by atoms with Gasteiger partial charge in [0.05, 0.1) is 5.69 Å². The number of benzene rings is 1. The normalized spacial score (nSPS) is 14.1. The molecule has 1 fully saturated rings. The largest absolute Gasteiger partial charge is 0.337 e. The third-order valence-electron chi connectivity index (χ3n) is 5.53. The Balaban J connectivity index is 1.33. The minimum absolute atomic E-state index is 0.0202. The molecule has 4 heterocycles. The smallest absolute Gasteiger partial charge is 0.246 e. The number of anilines is 1. The summed E-state index contributed by atoms with van der Waals surface area (Å²) in [4.78, 5) is 29.6. The molecule has 0 unspecified atom stereocenters. The zero-order valence-corrected chi connectivity index (χ0v) is 18.0. The molecule has 8 nitrogen and oxygen atoms in total. The van der Waals surface area contributed by atoms with E-state index in [0.29, 0.717) is 32.1 Å². The number of hydrogen-bond donors (Lipinski definition) is 0. The van der Waals surface area contributed by atoms with Crippen LogP contribution in [0.2, 0.25) is 0 Å². The Labute approximate surface area is 191 Å². The average Bonchev–Trinajstić information content (AvgIpc) is 3.33. The number of para-hydroxylation sites is 1. The van der Waals surface area contributed by atoms with Crippen molar-refractivity contribution in [3.05, 3.63) is 91.2 Å². The number of pyridine rings is 1. The summed E-state index contributed by atoms with van der Waals surface area (Å²) in [7, 11) is 0. The van der Waals surface area contributed by atoms with Crippen LogP contribution < -0.4 is 4.90 Å². The SMILES string of the molecule is O=C(/C=C/c1cn(-c2ccccc2)nc1-c1cccnc1)N1CCN(c2ncccn2)CC1. The average molecular weight is 438 g/mol. The third-order valence-corrected chi connectivity index (χ3v) is 5.53. The monoisotopic (exact) mass is 437 g/mol. The minimum Gasteiger partial charge on any atom is -0.337 e. The van der Waals surface area contributed by atoms with Crippen molar-refractivity contribution in [1.82, 2.24) is 29.6 Å². The van der Waals surface area contributed by atoms with Gasteiger partial charge >= 0.3 is 0 Å². The van der Waals surface area contributed by atoms with E-state index >= 15 is 0 Å². The van der Waals surface area contributed by atoms with Gasteiger partial charge in [0, 0.05) is 74.4 Å². The Bertz CT molecular complexity index is 1230. The van der Waals surface area contributed by atoms with Crippen LogP contribution in [0.1, 0.15) is 5.56 Å². The number of aromatic nitrogens is 5. The van der Waals surface area contributed by atoms with Crippen molar-refractivity contribution in [3.63, 3.8) is 0 Å². The van der Waals surface area contributed by atoms with E-state index < -0.39 is 0 Å². The van der Waals surface area contributed by atoms with Crippen LogP contribution >= 0.6 is 0 Å². The zero-order valence-electron chi connectivity index (χ0n) is 18.0. The Morgan fingerprint density at radius 1 is 0.879 bits per heavy atom. The number of hydrogen-bond acceptors (Lipinski definition) is 6. The molecule has 0 atom stereocenters. The fourth-order valence-corrected chi connectivity index (χ4v) is 3.80. The molecule has 164 valence electrons. The molecule has 1 aromatic carbocycles. The Morgan fingerprint density at radius 2 is 1.67 bits per heavy atom. The molecule has 1 aliphatic heterocycles. The van der Waals surface area contributed by atoms with Crippen LogP contribution in [0, 0.1) is 0 Å². The summed E-state index contributed by atoms with van der Waals surface area (Å²) in [6.45, 7) is 2.66. The molecule has 1 aliphatic rings. The van der Waals surface area contributed by atoms with Gasteiger partial charge in [-0.1, -0.05) is 18.2 Å².